The number of fused-ring (bicyclic) bond motifs is 1. The summed E-state index contributed by atoms with van der Waals surface area (Å²) < 4.78 is 43.6. The average Bonchev–Trinajstić information content (AvgIpc) is 3.36. The van der Waals surface area contributed by atoms with Gasteiger partial charge in [-0.05, 0) is 66.9 Å². The van der Waals surface area contributed by atoms with Crippen molar-refractivity contribution in [1.29, 1.82) is 0 Å². The number of alkyl halides is 3. The Morgan fingerprint density at radius 1 is 1.02 bits per heavy atom. The van der Waals surface area contributed by atoms with Gasteiger partial charge in [-0.3, -0.25) is 9.69 Å². The smallest absolute Gasteiger partial charge is 0.322 e. The maximum Gasteiger partial charge on any atom is 0.416 e. The van der Waals surface area contributed by atoms with Gasteiger partial charge in [0.1, 0.15) is 5.69 Å². The lowest BCUT2D eigenvalue weighted by Crippen LogP contribution is -2.44. The molecule has 7 nitrogen and oxygen atoms in total. The van der Waals surface area contributed by atoms with E-state index < -0.39 is 17.6 Å². The molecule has 0 saturated carbocycles. The quantitative estimate of drug-likeness (QED) is 0.368. The highest BCUT2D eigenvalue weighted by Gasteiger charge is 2.34. The first-order valence-electron chi connectivity index (χ1n) is 13.1. The zero-order valence-corrected chi connectivity index (χ0v) is 22.3. The van der Waals surface area contributed by atoms with Gasteiger partial charge in [0.25, 0.3) is 5.91 Å². The van der Waals surface area contributed by atoms with Crippen molar-refractivity contribution in [2.24, 2.45) is 0 Å². The maximum absolute atomic E-state index is 14.0. The van der Waals surface area contributed by atoms with Crippen LogP contribution in [0.15, 0.2) is 60.9 Å². The molecule has 4 aromatic rings. The third-order valence-electron chi connectivity index (χ3n) is 7.02. The fourth-order valence-electron chi connectivity index (χ4n) is 4.69. The summed E-state index contributed by atoms with van der Waals surface area (Å²) in [6.45, 7) is 5.24. The molecule has 1 aliphatic rings. The molecule has 0 bridgehead atoms. The Kier molecular flexibility index (Phi) is 7.87. The van der Waals surface area contributed by atoms with Crippen molar-refractivity contribution in [1.82, 2.24) is 24.4 Å². The van der Waals surface area contributed by atoms with Crippen molar-refractivity contribution in [3.05, 3.63) is 94.4 Å². The summed E-state index contributed by atoms with van der Waals surface area (Å²) >= 11 is 0. The Labute approximate surface area is 230 Å². The molecule has 0 radical (unpaired) electrons. The van der Waals surface area contributed by atoms with Gasteiger partial charge in [0.2, 0.25) is 0 Å². The third-order valence-corrected chi connectivity index (χ3v) is 7.02. The SMILES string of the molecule is CCc1ccc(C(=O)Nc2ccc(CN3CCN(C)CC3)c(C(F)(F)F)c2)cc1C#Cc1cnc2cccnn12. The summed E-state index contributed by atoms with van der Waals surface area (Å²) in [4.78, 5) is 21.5. The van der Waals surface area contributed by atoms with E-state index in [2.05, 4.69) is 32.1 Å². The van der Waals surface area contributed by atoms with Crippen LogP contribution in [0.25, 0.3) is 5.65 Å². The monoisotopic (exact) mass is 546 g/mol. The second kappa shape index (κ2) is 11.5. The predicted octanol–water partition coefficient (Wildman–Crippen LogP) is 4.71. The fraction of sp³-hybridized carbons (Fsp3) is 0.300. The Hall–Kier alpha value is -4.20. The van der Waals surface area contributed by atoms with E-state index in [-0.39, 0.29) is 17.8 Å². The van der Waals surface area contributed by atoms with E-state index in [1.165, 1.54) is 12.1 Å². The second-order valence-electron chi connectivity index (χ2n) is 9.82. The summed E-state index contributed by atoms with van der Waals surface area (Å²) in [6.07, 6.45) is -0.573. The number of halogens is 3. The van der Waals surface area contributed by atoms with Gasteiger partial charge in [-0.25, -0.2) is 9.50 Å². The number of carbonyl (C=O) groups excluding carboxylic acids is 1. The number of likely N-dealkylation sites (N-methyl/N-ethyl adjacent to an activating group) is 1. The van der Waals surface area contributed by atoms with E-state index in [4.69, 9.17) is 0 Å². The van der Waals surface area contributed by atoms with Crippen LogP contribution in [0.4, 0.5) is 18.9 Å². The van der Waals surface area contributed by atoms with Gasteiger partial charge >= 0.3 is 6.18 Å². The largest absolute Gasteiger partial charge is 0.416 e. The molecule has 0 aliphatic carbocycles. The van der Waals surface area contributed by atoms with Gasteiger partial charge in [0.15, 0.2) is 5.65 Å². The van der Waals surface area contributed by atoms with Gasteiger partial charge < -0.3 is 10.2 Å². The van der Waals surface area contributed by atoms with E-state index in [1.54, 1.807) is 35.1 Å². The number of aryl methyl sites for hydroxylation is 1. The van der Waals surface area contributed by atoms with Crippen LogP contribution in [0, 0.1) is 11.8 Å². The Balaban J connectivity index is 1.37. The number of anilines is 1. The first kappa shape index (κ1) is 27.4. The highest BCUT2D eigenvalue weighted by Crippen LogP contribution is 2.34. The van der Waals surface area contributed by atoms with Crippen LogP contribution in [0.1, 0.15) is 45.2 Å². The van der Waals surface area contributed by atoms with Crippen LogP contribution in [0.3, 0.4) is 0 Å². The maximum atomic E-state index is 14.0. The number of aromatic nitrogens is 3. The molecule has 0 atom stereocenters. The van der Waals surface area contributed by atoms with Gasteiger partial charge in [0, 0.05) is 55.7 Å². The first-order chi connectivity index (χ1) is 19.2. The average molecular weight is 547 g/mol. The molecule has 2 aromatic heterocycles. The van der Waals surface area contributed by atoms with E-state index >= 15 is 0 Å². The lowest BCUT2D eigenvalue weighted by atomic mass is 10.0. The number of imidazole rings is 1. The van der Waals surface area contributed by atoms with Crippen LogP contribution in [0.2, 0.25) is 0 Å². The number of nitrogens with zero attached hydrogens (tertiary/aromatic N) is 5. The molecular weight excluding hydrogens is 517 g/mol. The van der Waals surface area contributed by atoms with Crippen LogP contribution >= 0.6 is 0 Å². The number of carbonyl (C=O) groups is 1. The minimum atomic E-state index is -4.54. The normalized spacial score (nSPS) is 14.6. The lowest BCUT2D eigenvalue weighted by molar-refractivity contribution is -0.138. The lowest BCUT2D eigenvalue weighted by Gasteiger charge is -2.33. The van der Waals surface area contributed by atoms with Gasteiger partial charge in [0.05, 0.1) is 11.8 Å². The molecule has 1 fully saturated rings. The minimum Gasteiger partial charge on any atom is -0.322 e. The van der Waals surface area contributed by atoms with Crippen LogP contribution in [0.5, 0.6) is 0 Å². The summed E-state index contributed by atoms with van der Waals surface area (Å²) in [5, 5.41) is 6.89. The molecule has 3 heterocycles. The Bertz CT molecular complexity index is 1590. The zero-order chi connectivity index (χ0) is 28.3. The summed E-state index contributed by atoms with van der Waals surface area (Å²) in [5.74, 6) is 5.66. The Morgan fingerprint density at radius 2 is 1.80 bits per heavy atom. The van der Waals surface area contributed by atoms with E-state index in [1.807, 2.05) is 31.0 Å². The van der Waals surface area contributed by atoms with Gasteiger partial charge in [-0.15, -0.1) is 0 Å². The zero-order valence-electron chi connectivity index (χ0n) is 22.3. The molecule has 2 aromatic carbocycles. The highest BCUT2D eigenvalue weighted by molar-refractivity contribution is 6.04. The summed E-state index contributed by atoms with van der Waals surface area (Å²) in [7, 11) is 2.00. The molecule has 0 spiro atoms. The van der Waals surface area contributed by atoms with Crippen LogP contribution < -0.4 is 5.32 Å². The number of hydrogen-bond acceptors (Lipinski definition) is 5. The highest BCUT2D eigenvalue weighted by atomic mass is 19.4. The third kappa shape index (κ3) is 6.17. The van der Waals surface area contributed by atoms with Crippen LogP contribution in [-0.4, -0.2) is 63.5 Å². The predicted molar refractivity (Wildman–Crippen MR) is 147 cm³/mol. The summed E-state index contributed by atoms with van der Waals surface area (Å²) in [5.41, 5.74) is 2.71. The molecule has 5 rings (SSSR count). The first-order valence-corrected chi connectivity index (χ1v) is 13.1. The number of piperazine rings is 1. The number of hydrogen-bond donors (Lipinski definition) is 1. The molecule has 1 saturated heterocycles. The molecule has 10 heteroatoms. The molecule has 1 amide bonds. The molecule has 1 aliphatic heterocycles. The Morgan fingerprint density at radius 3 is 2.55 bits per heavy atom. The fourth-order valence-corrected chi connectivity index (χ4v) is 4.69. The van der Waals surface area contributed by atoms with Crippen molar-refractivity contribution >= 4 is 17.2 Å². The number of amides is 1. The molecule has 0 unspecified atom stereocenters. The van der Waals surface area contributed by atoms with Crippen molar-refractivity contribution < 1.29 is 18.0 Å². The van der Waals surface area contributed by atoms with Crippen molar-refractivity contribution in [2.45, 2.75) is 26.1 Å². The van der Waals surface area contributed by atoms with Gasteiger partial charge in [-0.1, -0.05) is 25.0 Å². The van der Waals surface area contributed by atoms with Crippen molar-refractivity contribution in [3.63, 3.8) is 0 Å². The van der Waals surface area contributed by atoms with Crippen molar-refractivity contribution in [2.75, 3.05) is 38.5 Å². The molecule has 1 N–H and O–H groups in total. The molecule has 40 heavy (non-hydrogen) atoms. The van der Waals surface area contributed by atoms with Gasteiger partial charge in [-0.2, -0.15) is 18.3 Å². The number of rotatable bonds is 5. The van der Waals surface area contributed by atoms with E-state index in [9.17, 15) is 18.0 Å². The van der Waals surface area contributed by atoms with E-state index in [0.717, 1.165) is 24.7 Å². The van der Waals surface area contributed by atoms with Crippen molar-refractivity contribution in [3.8, 4) is 11.8 Å². The molecular formula is C30H29F3N6O. The summed E-state index contributed by atoms with van der Waals surface area (Å²) in [6, 6.07) is 12.7. The second-order valence-corrected chi connectivity index (χ2v) is 9.82. The topological polar surface area (TPSA) is 65.8 Å². The van der Waals surface area contributed by atoms with Crippen LogP contribution in [-0.2, 0) is 19.1 Å². The van der Waals surface area contributed by atoms with E-state index in [0.29, 0.717) is 42.0 Å². The number of benzene rings is 2. The standard InChI is InChI=1S/C30H29F3N6O/c1-3-21-6-7-23(17-22(21)9-11-26-19-34-28-5-4-12-35-39(26)28)29(40)36-25-10-8-24(27(18-25)30(31,32)33)20-38-15-13-37(2)14-16-38/h4-8,10,12,17-19H,3,13-16,20H2,1-2H3,(H,36,40). The molecule has 206 valence electrons. The number of nitrogens with one attached hydrogen (secondary N) is 1. The minimum absolute atomic E-state index is 0.0865.